The standard InChI is InChI=1S/C27H34O4/c1-3-21(2)27(24-17-11-6-12-18-24,19-30-25(28)22-13-7-4-8-14-22)20-31-26(29)23-15-9-5-10-16-23/h4-5,7-10,13-16,21,24H,3,6,11-12,17-20H2,1-2H3. The third kappa shape index (κ3) is 5.75. The van der Waals surface area contributed by atoms with Gasteiger partial charge < -0.3 is 9.47 Å². The van der Waals surface area contributed by atoms with Crippen LogP contribution in [-0.2, 0) is 9.47 Å². The average molecular weight is 423 g/mol. The van der Waals surface area contributed by atoms with Gasteiger partial charge in [0.15, 0.2) is 0 Å². The van der Waals surface area contributed by atoms with Gasteiger partial charge >= 0.3 is 11.9 Å². The third-order valence-corrected chi connectivity index (χ3v) is 6.98. The minimum Gasteiger partial charge on any atom is -0.461 e. The van der Waals surface area contributed by atoms with Crippen molar-refractivity contribution >= 4 is 11.9 Å². The molecule has 1 aliphatic carbocycles. The predicted octanol–water partition coefficient (Wildman–Crippen LogP) is 6.31. The molecule has 0 aromatic heterocycles. The summed E-state index contributed by atoms with van der Waals surface area (Å²) in [6, 6.07) is 18.2. The fraction of sp³-hybridized carbons (Fsp3) is 0.481. The molecule has 0 radical (unpaired) electrons. The van der Waals surface area contributed by atoms with E-state index < -0.39 is 0 Å². The average Bonchev–Trinajstić information content (AvgIpc) is 2.85. The van der Waals surface area contributed by atoms with E-state index in [0.717, 1.165) is 19.3 Å². The number of esters is 2. The summed E-state index contributed by atoms with van der Waals surface area (Å²) in [6.45, 7) is 4.88. The minimum absolute atomic E-state index is 0.253. The fourth-order valence-corrected chi connectivity index (χ4v) is 4.76. The molecule has 2 aromatic rings. The van der Waals surface area contributed by atoms with Crippen molar-refractivity contribution in [3.05, 3.63) is 71.8 Å². The van der Waals surface area contributed by atoms with Crippen LogP contribution >= 0.6 is 0 Å². The maximum Gasteiger partial charge on any atom is 0.338 e. The van der Waals surface area contributed by atoms with E-state index in [2.05, 4.69) is 13.8 Å². The second-order valence-corrected chi connectivity index (χ2v) is 8.76. The fourth-order valence-electron chi connectivity index (χ4n) is 4.76. The summed E-state index contributed by atoms with van der Waals surface area (Å²) >= 11 is 0. The third-order valence-electron chi connectivity index (χ3n) is 6.98. The first-order chi connectivity index (χ1) is 15.1. The topological polar surface area (TPSA) is 52.6 Å². The van der Waals surface area contributed by atoms with Crippen LogP contribution in [0.5, 0.6) is 0 Å². The van der Waals surface area contributed by atoms with Gasteiger partial charge in [0.2, 0.25) is 0 Å². The Morgan fingerprint density at radius 1 is 0.839 bits per heavy atom. The molecule has 166 valence electrons. The molecule has 0 aliphatic heterocycles. The van der Waals surface area contributed by atoms with Crippen molar-refractivity contribution in [3.63, 3.8) is 0 Å². The monoisotopic (exact) mass is 422 g/mol. The Kier molecular flexibility index (Phi) is 8.27. The lowest BCUT2D eigenvalue weighted by Crippen LogP contribution is -2.46. The highest BCUT2D eigenvalue weighted by Gasteiger charge is 2.45. The van der Waals surface area contributed by atoms with Crippen LogP contribution in [0.3, 0.4) is 0 Å². The second-order valence-electron chi connectivity index (χ2n) is 8.76. The second kappa shape index (κ2) is 11.1. The molecule has 1 unspecified atom stereocenters. The van der Waals surface area contributed by atoms with E-state index in [1.165, 1.54) is 19.3 Å². The van der Waals surface area contributed by atoms with Crippen LogP contribution in [0.15, 0.2) is 60.7 Å². The van der Waals surface area contributed by atoms with Gasteiger partial charge in [-0.1, -0.05) is 75.9 Å². The summed E-state index contributed by atoms with van der Waals surface area (Å²) in [4.78, 5) is 25.4. The van der Waals surface area contributed by atoms with E-state index in [1.807, 2.05) is 36.4 Å². The van der Waals surface area contributed by atoms with Crippen molar-refractivity contribution in [2.24, 2.45) is 17.3 Å². The Bertz CT molecular complexity index is 769. The molecule has 0 bridgehead atoms. The number of hydrogen-bond acceptors (Lipinski definition) is 4. The zero-order chi connectivity index (χ0) is 22.1. The Balaban J connectivity index is 1.81. The van der Waals surface area contributed by atoms with Crippen LogP contribution in [-0.4, -0.2) is 25.2 Å². The van der Waals surface area contributed by atoms with E-state index in [-0.39, 0.29) is 36.5 Å². The first-order valence-electron chi connectivity index (χ1n) is 11.5. The van der Waals surface area contributed by atoms with Crippen molar-refractivity contribution < 1.29 is 19.1 Å². The molecule has 4 heteroatoms. The van der Waals surface area contributed by atoms with Crippen molar-refractivity contribution in [2.45, 2.75) is 52.4 Å². The molecule has 3 rings (SSSR count). The van der Waals surface area contributed by atoms with Gasteiger partial charge in [-0.25, -0.2) is 9.59 Å². The van der Waals surface area contributed by atoms with E-state index in [9.17, 15) is 9.59 Å². The Morgan fingerprint density at radius 3 is 1.71 bits per heavy atom. The Hall–Kier alpha value is -2.62. The van der Waals surface area contributed by atoms with Crippen LogP contribution in [0, 0.1) is 17.3 Å². The first kappa shape index (κ1) is 23.1. The number of rotatable bonds is 9. The summed E-state index contributed by atoms with van der Waals surface area (Å²) in [5.41, 5.74) is 0.709. The molecule has 1 aliphatic rings. The molecule has 4 nitrogen and oxygen atoms in total. The lowest BCUT2D eigenvalue weighted by molar-refractivity contribution is -0.0689. The number of benzene rings is 2. The summed E-state index contributed by atoms with van der Waals surface area (Å²) in [5, 5.41) is 0. The van der Waals surface area contributed by atoms with Gasteiger partial charge in [-0.3, -0.25) is 0 Å². The molecule has 31 heavy (non-hydrogen) atoms. The first-order valence-corrected chi connectivity index (χ1v) is 11.5. The van der Waals surface area contributed by atoms with E-state index in [0.29, 0.717) is 17.0 Å². The SMILES string of the molecule is CCC(C)C(COC(=O)c1ccccc1)(COC(=O)c1ccccc1)C1CCCCC1. The molecular weight excluding hydrogens is 388 g/mol. The number of hydrogen-bond donors (Lipinski definition) is 0. The summed E-state index contributed by atoms with van der Waals surface area (Å²) in [7, 11) is 0. The van der Waals surface area contributed by atoms with Crippen LogP contribution in [0.1, 0.15) is 73.1 Å². The zero-order valence-electron chi connectivity index (χ0n) is 18.7. The molecule has 0 heterocycles. The van der Waals surface area contributed by atoms with Crippen LogP contribution in [0.25, 0.3) is 0 Å². The number of carbonyl (C=O) groups excluding carboxylic acids is 2. The highest BCUT2D eigenvalue weighted by atomic mass is 16.5. The molecule has 2 aromatic carbocycles. The van der Waals surface area contributed by atoms with E-state index in [1.54, 1.807) is 24.3 Å². The van der Waals surface area contributed by atoms with Gasteiger partial charge in [-0.2, -0.15) is 0 Å². The van der Waals surface area contributed by atoms with Crippen LogP contribution < -0.4 is 0 Å². The predicted molar refractivity (Wildman–Crippen MR) is 122 cm³/mol. The van der Waals surface area contributed by atoms with Crippen molar-refractivity contribution in [3.8, 4) is 0 Å². The maximum atomic E-state index is 12.7. The highest BCUT2D eigenvalue weighted by molar-refractivity contribution is 5.89. The maximum absolute atomic E-state index is 12.7. The van der Waals surface area contributed by atoms with Gasteiger partial charge in [0.1, 0.15) is 13.2 Å². The molecule has 1 atom stereocenters. The van der Waals surface area contributed by atoms with Gasteiger partial charge in [0, 0.05) is 5.41 Å². The summed E-state index contributed by atoms with van der Waals surface area (Å²) < 4.78 is 11.8. The smallest absolute Gasteiger partial charge is 0.338 e. The van der Waals surface area contributed by atoms with Gasteiger partial charge in [-0.15, -0.1) is 0 Å². The van der Waals surface area contributed by atoms with Gasteiger partial charge in [0.25, 0.3) is 0 Å². The number of carbonyl (C=O) groups is 2. The molecule has 0 spiro atoms. The molecule has 1 saturated carbocycles. The Labute approximate surface area is 186 Å². The van der Waals surface area contributed by atoms with Crippen molar-refractivity contribution in [2.75, 3.05) is 13.2 Å². The van der Waals surface area contributed by atoms with Gasteiger partial charge in [-0.05, 0) is 48.9 Å². The largest absolute Gasteiger partial charge is 0.461 e. The molecule has 0 N–H and O–H groups in total. The lowest BCUT2D eigenvalue weighted by atomic mass is 9.62. The summed E-state index contributed by atoms with van der Waals surface area (Å²) in [5.74, 6) is -0.0250. The van der Waals surface area contributed by atoms with Crippen LogP contribution in [0.4, 0.5) is 0 Å². The lowest BCUT2D eigenvalue weighted by Gasteiger charge is -2.45. The molecule has 0 saturated heterocycles. The minimum atomic E-state index is -0.385. The van der Waals surface area contributed by atoms with Crippen molar-refractivity contribution in [1.29, 1.82) is 0 Å². The Morgan fingerprint density at radius 2 is 1.29 bits per heavy atom. The number of ether oxygens (including phenoxy) is 2. The molecule has 0 amide bonds. The van der Waals surface area contributed by atoms with Crippen molar-refractivity contribution in [1.82, 2.24) is 0 Å². The molecular formula is C27H34O4. The highest BCUT2D eigenvalue weighted by Crippen LogP contribution is 2.46. The molecule has 1 fully saturated rings. The zero-order valence-corrected chi connectivity index (χ0v) is 18.7. The van der Waals surface area contributed by atoms with E-state index in [4.69, 9.17) is 9.47 Å². The normalized spacial score (nSPS) is 15.8. The quantitative estimate of drug-likeness (QED) is 0.444. The van der Waals surface area contributed by atoms with Gasteiger partial charge in [0.05, 0.1) is 11.1 Å². The summed E-state index contributed by atoms with van der Waals surface area (Å²) in [6.07, 6.45) is 6.67. The van der Waals surface area contributed by atoms with Crippen LogP contribution in [0.2, 0.25) is 0 Å². The van der Waals surface area contributed by atoms with E-state index >= 15 is 0 Å².